The molecular weight excluding hydrogens is 1400 g/mol. The molecule has 0 aromatic heterocycles. The van der Waals surface area contributed by atoms with Crippen molar-refractivity contribution in [1.82, 2.24) is 56.0 Å². The Bertz CT molecular complexity index is 3160. The number of thioether (sulfide) groups is 2. The van der Waals surface area contributed by atoms with Gasteiger partial charge in [0.2, 0.25) is 59.1 Å². The number of aliphatic hydroxyl groups is 1. The number of anilines is 1. The van der Waals surface area contributed by atoms with Gasteiger partial charge in [-0.15, -0.1) is 0 Å². The number of amides is 13. The van der Waals surface area contributed by atoms with Crippen LogP contribution in [0.2, 0.25) is 0 Å². The number of hydrogen-bond acceptors (Lipinski definition) is 18. The highest BCUT2D eigenvalue weighted by molar-refractivity contribution is 8.00. The van der Waals surface area contributed by atoms with Crippen molar-refractivity contribution in [3.05, 3.63) is 65.7 Å². The number of likely N-dealkylation sites (tertiary alicyclic amines) is 1. The van der Waals surface area contributed by atoms with Crippen molar-refractivity contribution in [3.8, 4) is 0 Å². The number of carbonyl (C=O) groups excluding carboxylic acids is 12. The minimum absolute atomic E-state index is 0.0281. The van der Waals surface area contributed by atoms with Gasteiger partial charge in [0.15, 0.2) is 0 Å². The third kappa shape index (κ3) is 27.8. The normalized spacial score (nSPS) is 17.0. The quantitative estimate of drug-likeness (QED) is 0.0351. The second-order valence-corrected chi connectivity index (χ2v) is 30.8. The second kappa shape index (κ2) is 45.8. The van der Waals surface area contributed by atoms with E-state index in [4.69, 9.17) is 19.9 Å². The molecular formula is C75H121N13O16S2. The summed E-state index contributed by atoms with van der Waals surface area (Å²) < 4.78 is 17.8. The molecule has 2 heterocycles. The molecule has 2 aliphatic rings. The van der Waals surface area contributed by atoms with Crippen molar-refractivity contribution in [1.29, 1.82) is 0 Å². The number of benzene rings is 2. The number of ether oxygens (including phenoxy) is 3. The fourth-order valence-corrected chi connectivity index (χ4v) is 14.3. The summed E-state index contributed by atoms with van der Waals surface area (Å²) in [5.74, 6) is -5.39. The van der Waals surface area contributed by atoms with Gasteiger partial charge in [-0.25, -0.2) is 9.59 Å². The summed E-state index contributed by atoms with van der Waals surface area (Å²) in [6, 6.07) is 8.54. The van der Waals surface area contributed by atoms with E-state index in [0.717, 1.165) is 6.42 Å². The van der Waals surface area contributed by atoms with E-state index in [2.05, 4.69) is 31.9 Å². The SMILES string of the molecule is CCCCC(=O)N1CN(C(=O)CCSC)CN(C(=O)CCSCC(=O)N[C@H](C(=O)N[C@@H](CCCNC(N)=O)C(=O)Nc2ccc(COC(=O)N(C)[C@H](C(=O)N[C@H](C(=O)N(C)[C@@H]([C@@H](C)CC)[C@@H](CC(=O)N3CCC[C@H]3[C@H](OC)[C@@H](C)C(=O)N[C@H](C)[C@@H](O)c3ccccc3)OC)C(C)C)C(C)C)cc2)C(C)C)C1. The first-order chi connectivity index (χ1) is 50.2. The van der Waals surface area contributed by atoms with Gasteiger partial charge in [-0.2, -0.15) is 23.5 Å². The number of carbonyl (C=O) groups is 12. The molecule has 12 atom stereocenters. The van der Waals surface area contributed by atoms with E-state index in [1.807, 2.05) is 45.2 Å². The molecule has 9 N–H and O–H groups in total. The minimum atomic E-state index is -1.16. The van der Waals surface area contributed by atoms with E-state index >= 15 is 0 Å². The van der Waals surface area contributed by atoms with Crippen LogP contribution in [0, 0.1) is 29.6 Å². The van der Waals surface area contributed by atoms with Crippen LogP contribution in [0.4, 0.5) is 15.3 Å². The highest BCUT2D eigenvalue weighted by Crippen LogP contribution is 2.31. The summed E-state index contributed by atoms with van der Waals surface area (Å²) in [6.45, 7) is 20.5. The number of likely N-dealkylation sites (N-methyl/N-ethyl adjacent to an activating group) is 2. The topological polar surface area (TPSA) is 370 Å². The molecule has 13 amide bonds. The van der Waals surface area contributed by atoms with Gasteiger partial charge in [0.25, 0.3) is 0 Å². The number of rotatable bonds is 43. The van der Waals surface area contributed by atoms with E-state index in [9.17, 15) is 62.6 Å². The first-order valence-electron chi connectivity index (χ1n) is 37.0. The molecule has 0 saturated carbocycles. The molecule has 2 saturated heterocycles. The van der Waals surface area contributed by atoms with Crippen LogP contribution in [0.1, 0.15) is 164 Å². The molecule has 594 valence electrons. The Morgan fingerprint density at radius 1 is 0.670 bits per heavy atom. The molecule has 2 aliphatic heterocycles. The molecule has 31 heteroatoms. The first-order valence-corrected chi connectivity index (χ1v) is 39.6. The summed E-state index contributed by atoms with van der Waals surface area (Å²) in [5, 5.41) is 27.7. The molecule has 29 nitrogen and oxygen atoms in total. The third-order valence-electron chi connectivity index (χ3n) is 19.6. The third-order valence-corrected chi connectivity index (χ3v) is 21.1. The largest absolute Gasteiger partial charge is 0.445 e. The van der Waals surface area contributed by atoms with Gasteiger partial charge in [-0.3, -0.25) is 52.8 Å². The Morgan fingerprint density at radius 3 is 1.82 bits per heavy atom. The van der Waals surface area contributed by atoms with Gasteiger partial charge in [0, 0.05) is 77.9 Å². The number of nitrogens with one attached hydrogen (secondary N) is 6. The van der Waals surface area contributed by atoms with Gasteiger partial charge >= 0.3 is 12.1 Å². The number of nitrogens with zero attached hydrogens (tertiary/aromatic N) is 6. The summed E-state index contributed by atoms with van der Waals surface area (Å²) in [7, 11) is 6.07. The lowest BCUT2D eigenvalue weighted by molar-refractivity contribution is -0.158. The zero-order chi connectivity index (χ0) is 79.1. The summed E-state index contributed by atoms with van der Waals surface area (Å²) >= 11 is 2.70. The minimum Gasteiger partial charge on any atom is -0.445 e. The maximum atomic E-state index is 14.9. The number of nitrogens with two attached hydrogens (primary N) is 1. The van der Waals surface area contributed by atoms with E-state index in [0.29, 0.717) is 61.2 Å². The van der Waals surface area contributed by atoms with E-state index in [1.54, 1.807) is 109 Å². The van der Waals surface area contributed by atoms with Crippen molar-refractivity contribution in [2.75, 3.05) is 90.2 Å². The standard InChI is InChI=1S/C75H121N13O16S2/c1-17-19-29-59(90)85-43-86(60(91)34-38-105-16)45-87(44-85)61(92)35-39-106-42-58(89)81-63(46(3)4)71(97)80-55(27-23-36-77-74(76)100)70(96)79-54-32-30-52(31-33-54)41-104-75(101)84(13)65(48(7)8)72(98)82-64(47(5)6)73(99)83(12)66(49(9)18-2)57(102-14)40-62(93)88-37-24-28-56(88)68(103-15)50(10)69(95)78-51(11)67(94)53-25-21-20-22-26-53/h20-22,25-26,30-33,46-51,55-57,63-68,94H,17-19,23-24,27-29,34-45H2,1-16H3,(H,78,95)(H,79,96)(H,80,97)(H,81,89)(H,82,98)(H3,76,77,100)/t49-,50+,51+,55-,56-,57+,63-,64-,65-,66-,67+,68+/m0/s1. The van der Waals surface area contributed by atoms with E-state index in [-0.39, 0.29) is 112 Å². The van der Waals surface area contributed by atoms with Crippen molar-refractivity contribution in [2.45, 2.75) is 214 Å². The molecule has 106 heavy (non-hydrogen) atoms. The Kier molecular flexibility index (Phi) is 39.2. The number of methoxy groups -OCH3 is 2. The highest BCUT2D eigenvalue weighted by atomic mass is 32.2. The lowest BCUT2D eigenvalue weighted by Crippen LogP contribution is -2.60. The smallest absolute Gasteiger partial charge is 0.410 e. The number of primary amides is 1. The zero-order valence-corrected chi connectivity index (χ0v) is 66.8. The number of aliphatic hydroxyl groups excluding tert-OH is 1. The number of hydrogen-bond donors (Lipinski definition) is 8. The average Bonchev–Trinajstić information content (AvgIpc) is 1.52. The van der Waals surface area contributed by atoms with Gasteiger partial charge in [-0.1, -0.05) is 125 Å². The molecule has 0 bridgehead atoms. The Hall–Kier alpha value is -7.74. The van der Waals surface area contributed by atoms with E-state index in [1.165, 1.54) is 64.4 Å². The molecule has 0 aliphatic carbocycles. The van der Waals surface area contributed by atoms with Crippen LogP contribution in [-0.4, -0.2) is 245 Å². The fraction of sp³-hybridized carbons (Fsp3) is 0.680. The number of unbranched alkanes of at least 4 members (excludes halogenated alkanes) is 1. The van der Waals surface area contributed by atoms with Gasteiger partial charge < -0.3 is 81.5 Å². The monoisotopic (exact) mass is 1520 g/mol. The molecule has 2 fully saturated rings. The molecule has 0 radical (unpaired) electrons. The van der Waals surface area contributed by atoms with Crippen LogP contribution in [0.3, 0.4) is 0 Å². The molecule has 0 unspecified atom stereocenters. The zero-order valence-electron chi connectivity index (χ0n) is 65.1. The first kappa shape index (κ1) is 90.7. The van der Waals surface area contributed by atoms with Crippen molar-refractivity contribution in [3.63, 3.8) is 0 Å². The summed E-state index contributed by atoms with van der Waals surface area (Å²) in [6.07, 6.45) is 2.82. The van der Waals surface area contributed by atoms with Crippen LogP contribution >= 0.6 is 23.5 Å². The maximum absolute atomic E-state index is 14.9. The molecule has 2 aromatic rings. The van der Waals surface area contributed by atoms with Crippen LogP contribution in [-0.2, 0) is 68.8 Å². The highest BCUT2D eigenvalue weighted by Gasteiger charge is 2.44. The second-order valence-electron chi connectivity index (χ2n) is 28.7. The predicted molar refractivity (Wildman–Crippen MR) is 409 cm³/mol. The lowest BCUT2D eigenvalue weighted by Gasteiger charge is -2.42. The van der Waals surface area contributed by atoms with Crippen molar-refractivity contribution in [2.24, 2.45) is 35.3 Å². The summed E-state index contributed by atoms with van der Waals surface area (Å²) in [4.78, 5) is 173. The molecule has 4 rings (SSSR count). The van der Waals surface area contributed by atoms with Crippen LogP contribution in [0.15, 0.2) is 54.6 Å². The Balaban J connectivity index is 1.37. The van der Waals surface area contributed by atoms with Crippen LogP contribution in [0.5, 0.6) is 0 Å². The van der Waals surface area contributed by atoms with Gasteiger partial charge in [0.1, 0.15) is 30.8 Å². The van der Waals surface area contributed by atoms with Gasteiger partial charge in [-0.05, 0) is 92.2 Å². The van der Waals surface area contributed by atoms with Crippen LogP contribution in [0.25, 0.3) is 0 Å². The average molecular weight is 1530 g/mol. The predicted octanol–water partition coefficient (Wildman–Crippen LogP) is 6.03. The van der Waals surface area contributed by atoms with Gasteiger partial charge in [0.05, 0.1) is 74.5 Å². The van der Waals surface area contributed by atoms with E-state index < -0.39 is 126 Å². The Morgan fingerprint density at radius 2 is 1.27 bits per heavy atom. The van der Waals surface area contributed by atoms with Crippen LogP contribution < -0.4 is 37.6 Å². The Labute approximate surface area is 635 Å². The fourth-order valence-electron chi connectivity index (χ4n) is 13.2. The number of urea groups is 1. The summed E-state index contributed by atoms with van der Waals surface area (Å²) in [5.41, 5.74) is 6.78. The maximum Gasteiger partial charge on any atom is 0.410 e. The van der Waals surface area contributed by atoms with Crippen molar-refractivity contribution >= 4 is 100 Å². The van der Waals surface area contributed by atoms with Crippen molar-refractivity contribution < 1.29 is 76.9 Å². The molecule has 2 aromatic carbocycles. The lowest BCUT2D eigenvalue weighted by atomic mass is 9.89. The molecule has 0 spiro atoms.